The van der Waals surface area contributed by atoms with Gasteiger partial charge in [0, 0.05) is 16.6 Å². The van der Waals surface area contributed by atoms with E-state index in [1.807, 2.05) is 0 Å². The summed E-state index contributed by atoms with van der Waals surface area (Å²) in [6, 6.07) is 1.29. The molecule has 1 aliphatic carbocycles. The first-order valence-electron chi connectivity index (χ1n) is 12.7. The minimum Gasteiger partial charge on any atom is -0.519 e. The molecule has 0 saturated heterocycles. The Bertz CT molecular complexity index is 2260. The molecule has 1 aliphatic rings. The van der Waals surface area contributed by atoms with Crippen LogP contribution in [0.3, 0.4) is 0 Å². The molecule has 0 fully saturated rings. The van der Waals surface area contributed by atoms with Crippen molar-refractivity contribution in [3.8, 4) is 22.6 Å². The molecule has 0 aliphatic heterocycles. The van der Waals surface area contributed by atoms with Crippen molar-refractivity contribution in [3.63, 3.8) is 0 Å². The molecule has 254 valence electrons. The minimum absolute atomic E-state index is 0.214. The van der Waals surface area contributed by atoms with Gasteiger partial charge in [0.25, 0.3) is 0 Å². The van der Waals surface area contributed by atoms with Crippen LogP contribution in [0.2, 0.25) is 0 Å². The summed E-state index contributed by atoms with van der Waals surface area (Å²) in [5.74, 6) is -49.4. The van der Waals surface area contributed by atoms with Crippen LogP contribution in [0.15, 0.2) is 24.3 Å². The van der Waals surface area contributed by atoms with Crippen LogP contribution in [-0.4, -0.2) is 7.12 Å². The van der Waals surface area contributed by atoms with Gasteiger partial charge >= 0.3 is 13.0 Å². The van der Waals surface area contributed by atoms with E-state index >= 15 is 17.6 Å². The fourth-order valence-corrected chi connectivity index (χ4v) is 5.19. The molecule has 49 heavy (non-hydrogen) atoms. The van der Waals surface area contributed by atoms with Crippen LogP contribution in [0.5, 0.6) is 11.5 Å². The van der Waals surface area contributed by atoms with Crippen LogP contribution in [0.4, 0.5) is 74.6 Å². The van der Waals surface area contributed by atoms with Crippen LogP contribution in [0.1, 0.15) is 11.1 Å². The average Bonchev–Trinajstić information content (AvgIpc) is 3.31. The van der Waals surface area contributed by atoms with Gasteiger partial charge in [0.05, 0.1) is 16.5 Å². The van der Waals surface area contributed by atoms with Crippen LogP contribution in [0.25, 0.3) is 21.9 Å². The lowest BCUT2D eigenvalue weighted by Gasteiger charge is -2.23. The molecule has 0 bridgehead atoms. The summed E-state index contributed by atoms with van der Waals surface area (Å²) in [7, 11) is -3.26. The fraction of sp³-hybridized carbons (Fsp3) is 0.0345. The molecule has 0 heterocycles. The molecular weight excluding hydrogens is 714 g/mol. The third kappa shape index (κ3) is 4.58. The molecule has 0 aromatic heterocycles. The van der Waals surface area contributed by atoms with Gasteiger partial charge in [-0.05, 0) is 17.5 Å². The lowest BCUT2D eigenvalue weighted by atomic mass is 9.75. The van der Waals surface area contributed by atoms with Gasteiger partial charge in [-0.15, -0.1) is 0 Å². The Morgan fingerprint density at radius 1 is 0.408 bits per heavy atom. The molecule has 0 N–H and O–H groups in total. The van der Waals surface area contributed by atoms with Crippen molar-refractivity contribution < 1.29 is 83.9 Å². The SMILES string of the molecule is Fc1ccc2c(B(Oc3c(F)c(F)c(F)c(F)c3F)Oc3c(F)c(F)c(F)c4c3C(F)(F)c3c(F)c(F)c(F)c(F)c3-4)ccc(F)c2c1F. The van der Waals surface area contributed by atoms with Crippen molar-refractivity contribution in [2.45, 2.75) is 5.92 Å². The summed E-state index contributed by atoms with van der Waals surface area (Å²) in [6.45, 7) is 0. The first kappa shape index (κ1) is 33.7. The van der Waals surface area contributed by atoms with E-state index in [0.717, 1.165) is 0 Å². The summed E-state index contributed by atoms with van der Waals surface area (Å²) in [6.07, 6.45) is 0. The van der Waals surface area contributed by atoms with E-state index in [1.165, 1.54) is 0 Å². The molecule has 0 radical (unpaired) electrons. The summed E-state index contributed by atoms with van der Waals surface area (Å²) >= 11 is 0. The number of fused-ring (bicyclic) bond motifs is 4. The van der Waals surface area contributed by atoms with Crippen LogP contribution in [0, 0.1) is 87.3 Å². The Kier molecular flexibility index (Phi) is 7.70. The average molecular weight is 718 g/mol. The van der Waals surface area contributed by atoms with E-state index in [2.05, 4.69) is 4.65 Å². The first-order chi connectivity index (χ1) is 22.8. The predicted molar refractivity (Wildman–Crippen MR) is 131 cm³/mol. The van der Waals surface area contributed by atoms with Crippen molar-refractivity contribution >= 4 is 23.4 Å². The first-order valence-corrected chi connectivity index (χ1v) is 12.7. The Hall–Kier alpha value is -5.17. The second kappa shape index (κ2) is 11.2. The van der Waals surface area contributed by atoms with Gasteiger partial charge in [-0.1, -0.05) is 12.1 Å². The highest BCUT2D eigenvalue weighted by Gasteiger charge is 2.56. The molecule has 0 saturated carbocycles. The molecule has 0 spiro atoms. The van der Waals surface area contributed by atoms with E-state index in [0.29, 0.717) is 12.1 Å². The zero-order valence-electron chi connectivity index (χ0n) is 22.6. The van der Waals surface area contributed by atoms with Crippen LogP contribution in [-0.2, 0) is 5.92 Å². The van der Waals surface area contributed by atoms with E-state index in [1.54, 1.807) is 0 Å². The second-order valence-electron chi connectivity index (χ2n) is 9.99. The van der Waals surface area contributed by atoms with Gasteiger partial charge in [0.15, 0.2) is 58.0 Å². The van der Waals surface area contributed by atoms with Gasteiger partial charge < -0.3 is 9.31 Å². The topological polar surface area (TPSA) is 18.5 Å². The third-order valence-electron chi connectivity index (χ3n) is 7.35. The Balaban J connectivity index is 1.68. The molecule has 5 aromatic carbocycles. The van der Waals surface area contributed by atoms with Gasteiger partial charge in [0.1, 0.15) is 5.82 Å². The van der Waals surface area contributed by atoms with Crippen molar-refractivity contribution in [1.82, 2.24) is 0 Å². The summed E-state index contributed by atoms with van der Waals surface area (Å²) < 4.78 is 258. The lowest BCUT2D eigenvalue weighted by molar-refractivity contribution is 0.0404. The maximum atomic E-state index is 15.7. The van der Waals surface area contributed by atoms with Gasteiger partial charge in [-0.3, -0.25) is 0 Å². The molecule has 20 heteroatoms. The number of benzene rings is 5. The van der Waals surface area contributed by atoms with Crippen molar-refractivity contribution in [1.29, 1.82) is 0 Å². The molecule has 2 nitrogen and oxygen atoms in total. The standard InChI is InChI=1S/C29H4BF17O2/c31-7-4-2-6(5-1-3-8(32)14(33)9(5)7)30(49-28-25(44)22(41)21(40)23(42)26(28)45)48-27-13-11(16(35)19(38)24(27)43)10-12(29(13,46)47)17(36)20(39)18(37)15(10)34/h1-4H. The third-order valence-corrected chi connectivity index (χ3v) is 7.35. The molecule has 0 unspecified atom stereocenters. The predicted octanol–water partition coefficient (Wildman–Crippen LogP) is 8.90. The quantitative estimate of drug-likeness (QED) is 0.0783. The number of hydrogen-bond acceptors (Lipinski definition) is 2. The van der Waals surface area contributed by atoms with Crippen molar-refractivity contribution in [3.05, 3.63) is 123 Å². The number of hydrogen-bond donors (Lipinski definition) is 0. The Labute approximate surface area is 259 Å². The van der Waals surface area contributed by atoms with E-state index in [4.69, 9.17) is 4.65 Å². The lowest BCUT2D eigenvalue weighted by Crippen LogP contribution is -2.44. The van der Waals surface area contributed by atoms with Crippen molar-refractivity contribution in [2.75, 3.05) is 0 Å². The highest BCUT2D eigenvalue weighted by molar-refractivity contribution is 6.65. The number of rotatable bonds is 5. The molecule has 6 rings (SSSR count). The molecule has 0 amide bonds. The van der Waals surface area contributed by atoms with Gasteiger partial charge in [0.2, 0.25) is 34.9 Å². The van der Waals surface area contributed by atoms with E-state index in [-0.39, 0.29) is 12.1 Å². The molecule has 0 atom stereocenters. The largest absolute Gasteiger partial charge is 0.633 e. The summed E-state index contributed by atoms with van der Waals surface area (Å²) in [5, 5.41) is -2.39. The normalized spacial score (nSPS) is 13.2. The zero-order chi connectivity index (χ0) is 36.2. The maximum Gasteiger partial charge on any atom is 0.633 e. The van der Waals surface area contributed by atoms with Crippen LogP contribution < -0.4 is 14.8 Å². The number of alkyl halides is 2. The molecular formula is C29H4BF17O2. The smallest absolute Gasteiger partial charge is 0.519 e. The monoisotopic (exact) mass is 718 g/mol. The Morgan fingerprint density at radius 3 is 1.43 bits per heavy atom. The fourth-order valence-electron chi connectivity index (χ4n) is 5.19. The van der Waals surface area contributed by atoms with Crippen molar-refractivity contribution in [2.24, 2.45) is 0 Å². The second-order valence-corrected chi connectivity index (χ2v) is 9.99. The van der Waals surface area contributed by atoms with Gasteiger partial charge in [-0.25, -0.2) is 52.7 Å². The Morgan fingerprint density at radius 2 is 0.837 bits per heavy atom. The minimum atomic E-state index is -5.41. The summed E-state index contributed by atoms with van der Waals surface area (Å²) in [5.41, 5.74) is -10.5. The zero-order valence-corrected chi connectivity index (χ0v) is 22.6. The van der Waals surface area contributed by atoms with Gasteiger partial charge in [-0.2, -0.15) is 22.0 Å². The maximum absolute atomic E-state index is 15.7. The molecule has 5 aromatic rings. The highest BCUT2D eigenvalue weighted by atomic mass is 19.3. The number of halogens is 17. The highest BCUT2D eigenvalue weighted by Crippen LogP contribution is 2.58. The van der Waals surface area contributed by atoms with Crippen LogP contribution >= 0.6 is 0 Å². The van der Waals surface area contributed by atoms with E-state index < -0.39 is 150 Å². The summed E-state index contributed by atoms with van der Waals surface area (Å²) in [4.78, 5) is 0. The van der Waals surface area contributed by atoms with E-state index in [9.17, 15) is 57.1 Å².